The molecule has 3 aliphatic rings. The first-order valence-corrected chi connectivity index (χ1v) is 8.87. The Balaban J connectivity index is 1.71. The molecule has 124 valence electrons. The number of methoxy groups -OCH3 is 1. The molecule has 1 heterocycles. The van der Waals surface area contributed by atoms with Gasteiger partial charge in [-0.2, -0.15) is 0 Å². The molecule has 0 aromatic heterocycles. The van der Waals surface area contributed by atoms with Gasteiger partial charge in [-0.3, -0.25) is 0 Å². The minimum absolute atomic E-state index is 0.0447. The summed E-state index contributed by atoms with van der Waals surface area (Å²) in [5, 5.41) is 3.18. The van der Waals surface area contributed by atoms with Crippen LogP contribution in [0.25, 0.3) is 0 Å². The number of rotatable bonds is 2. The molecule has 0 aromatic rings. The van der Waals surface area contributed by atoms with Gasteiger partial charge in [-0.15, -0.1) is 0 Å². The van der Waals surface area contributed by atoms with Crippen molar-refractivity contribution in [1.82, 2.24) is 10.2 Å². The number of fused-ring (bicyclic) bond motifs is 1. The number of nitrogens with zero attached hydrogens (tertiary/aromatic N) is 1. The Hall–Kier alpha value is -1.26. The van der Waals surface area contributed by atoms with E-state index in [4.69, 9.17) is 4.74 Å². The highest BCUT2D eigenvalue weighted by Crippen LogP contribution is 2.40. The molecule has 0 spiro atoms. The molecule has 2 amide bonds. The van der Waals surface area contributed by atoms with E-state index in [1.54, 1.807) is 0 Å². The van der Waals surface area contributed by atoms with Crippen molar-refractivity contribution >= 4 is 12.0 Å². The van der Waals surface area contributed by atoms with Crippen molar-refractivity contribution in [3.63, 3.8) is 0 Å². The van der Waals surface area contributed by atoms with Crippen molar-refractivity contribution in [3.8, 4) is 0 Å². The fraction of sp³-hybridized carbons (Fsp3) is 0.882. The smallest absolute Gasteiger partial charge is 0.328 e. The van der Waals surface area contributed by atoms with Crippen molar-refractivity contribution in [3.05, 3.63) is 0 Å². The maximum absolute atomic E-state index is 12.8. The van der Waals surface area contributed by atoms with Crippen LogP contribution in [-0.2, 0) is 9.53 Å². The van der Waals surface area contributed by atoms with Gasteiger partial charge in [0.1, 0.15) is 6.04 Å². The molecular formula is C17H28N2O3. The lowest BCUT2D eigenvalue weighted by molar-refractivity contribution is -0.145. The largest absolute Gasteiger partial charge is 0.467 e. The van der Waals surface area contributed by atoms with Gasteiger partial charge < -0.3 is 15.0 Å². The summed E-state index contributed by atoms with van der Waals surface area (Å²) in [6.07, 6.45) is 11.1. The predicted octanol–water partition coefficient (Wildman–Crippen LogP) is 2.83. The molecule has 22 heavy (non-hydrogen) atoms. The van der Waals surface area contributed by atoms with Crippen molar-refractivity contribution in [1.29, 1.82) is 0 Å². The quantitative estimate of drug-likeness (QED) is 0.798. The molecule has 1 N–H and O–H groups in total. The van der Waals surface area contributed by atoms with Gasteiger partial charge in [0.05, 0.1) is 7.11 Å². The summed E-state index contributed by atoms with van der Waals surface area (Å²) in [6, 6.07) is 0.0713. The molecule has 5 heteroatoms. The summed E-state index contributed by atoms with van der Waals surface area (Å²) >= 11 is 0. The Labute approximate surface area is 132 Å². The molecule has 0 bridgehead atoms. The zero-order chi connectivity index (χ0) is 15.5. The van der Waals surface area contributed by atoms with Crippen molar-refractivity contribution in [2.45, 2.75) is 82.3 Å². The molecule has 3 unspecified atom stereocenters. The zero-order valence-electron chi connectivity index (χ0n) is 13.6. The van der Waals surface area contributed by atoms with Crippen LogP contribution in [0.3, 0.4) is 0 Å². The summed E-state index contributed by atoms with van der Waals surface area (Å²) in [5.74, 6) is 0.211. The predicted molar refractivity (Wildman–Crippen MR) is 83.4 cm³/mol. The van der Waals surface area contributed by atoms with Crippen LogP contribution in [0.15, 0.2) is 0 Å². The van der Waals surface area contributed by atoms with Gasteiger partial charge in [-0.25, -0.2) is 9.59 Å². The molecule has 5 nitrogen and oxygen atoms in total. The zero-order valence-corrected chi connectivity index (χ0v) is 13.6. The van der Waals surface area contributed by atoms with Crippen LogP contribution in [0.4, 0.5) is 4.79 Å². The first-order valence-electron chi connectivity index (χ1n) is 8.87. The van der Waals surface area contributed by atoms with Gasteiger partial charge in [0.15, 0.2) is 0 Å². The second-order valence-corrected chi connectivity index (χ2v) is 7.08. The van der Waals surface area contributed by atoms with E-state index in [2.05, 4.69) is 5.32 Å². The number of likely N-dealkylation sites (tertiary alicyclic amines) is 1. The Morgan fingerprint density at radius 1 is 1.00 bits per heavy atom. The van der Waals surface area contributed by atoms with E-state index in [9.17, 15) is 9.59 Å². The summed E-state index contributed by atoms with van der Waals surface area (Å²) in [4.78, 5) is 26.8. The molecule has 0 radical (unpaired) electrons. The molecule has 0 aromatic carbocycles. The van der Waals surface area contributed by atoms with E-state index in [-0.39, 0.29) is 30.1 Å². The second kappa shape index (κ2) is 6.88. The van der Waals surface area contributed by atoms with Gasteiger partial charge in [-0.05, 0) is 38.0 Å². The second-order valence-electron chi connectivity index (χ2n) is 7.08. The van der Waals surface area contributed by atoms with Crippen LogP contribution >= 0.6 is 0 Å². The number of hydrogen-bond acceptors (Lipinski definition) is 3. The minimum atomic E-state index is -0.387. The van der Waals surface area contributed by atoms with E-state index in [0.29, 0.717) is 5.92 Å². The average molecular weight is 308 g/mol. The third-order valence-electron chi connectivity index (χ3n) is 5.73. The number of carbonyl (C=O) groups excluding carboxylic acids is 2. The monoisotopic (exact) mass is 308 g/mol. The molecule has 2 aliphatic carbocycles. The summed E-state index contributed by atoms with van der Waals surface area (Å²) in [5.41, 5.74) is 0. The fourth-order valence-electron chi connectivity index (χ4n) is 4.59. The SMILES string of the molecule is COC(=O)C1CC2CCCCC2N1C(=O)NC1CCCCC1. The first kappa shape index (κ1) is 15.6. The number of ether oxygens (including phenoxy) is 1. The van der Waals surface area contributed by atoms with Gasteiger partial charge in [0, 0.05) is 12.1 Å². The summed E-state index contributed by atoms with van der Waals surface area (Å²) < 4.78 is 4.95. The van der Waals surface area contributed by atoms with Crippen molar-refractivity contribution in [2.75, 3.05) is 7.11 Å². The fourth-order valence-corrected chi connectivity index (χ4v) is 4.59. The highest BCUT2D eigenvalue weighted by Gasteiger charge is 2.48. The van der Waals surface area contributed by atoms with Gasteiger partial charge in [0.2, 0.25) is 0 Å². The van der Waals surface area contributed by atoms with E-state index in [1.165, 1.54) is 32.8 Å². The molecule has 3 rings (SSSR count). The number of nitrogens with one attached hydrogen (secondary N) is 1. The van der Waals surface area contributed by atoms with Crippen LogP contribution < -0.4 is 5.32 Å². The number of hydrogen-bond donors (Lipinski definition) is 1. The van der Waals surface area contributed by atoms with Crippen LogP contribution in [0.1, 0.15) is 64.2 Å². The molecule has 1 saturated heterocycles. The van der Waals surface area contributed by atoms with Crippen LogP contribution in [0, 0.1) is 5.92 Å². The highest BCUT2D eigenvalue weighted by molar-refractivity contribution is 5.85. The Morgan fingerprint density at radius 2 is 1.68 bits per heavy atom. The van der Waals surface area contributed by atoms with Crippen LogP contribution in [-0.4, -0.2) is 42.1 Å². The van der Waals surface area contributed by atoms with Gasteiger partial charge >= 0.3 is 12.0 Å². The van der Waals surface area contributed by atoms with E-state index < -0.39 is 0 Å². The maximum Gasteiger partial charge on any atom is 0.328 e. The molecule has 3 fully saturated rings. The molecule has 3 atom stereocenters. The number of amides is 2. The van der Waals surface area contributed by atoms with Crippen LogP contribution in [0.5, 0.6) is 0 Å². The first-order chi connectivity index (χ1) is 10.7. The number of urea groups is 1. The summed E-state index contributed by atoms with van der Waals surface area (Å²) in [6.45, 7) is 0. The third kappa shape index (κ3) is 3.08. The molecular weight excluding hydrogens is 280 g/mol. The number of esters is 1. The standard InChI is InChI=1S/C17H28N2O3/c1-22-16(20)15-11-12-7-5-6-10-14(12)19(15)17(21)18-13-8-3-2-4-9-13/h12-15H,2-11H2,1H3,(H,18,21). The summed E-state index contributed by atoms with van der Waals surface area (Å²) in [7, 11) is 1.42. The van der Waals surface area contributed by atoms with Crippen LogP contribution in [0.2, 0.25) is 0 Å². The van der Waals surface area contributed by atoms with E-state index in [0.717, 1.165) is 38.5 Å². The van der Waals surface area contributed by atoms with Crippen molar-refractivity contribution in [2.24, 2.45) is 5.92 Å². The topological polar surface area (TPSA) is 58.6 Å². The Kier molecular flexibility index (Phi) is 4.89. The minimum Gasteiger partial charge on any atom is -0.467 e. The Bertz CT molecular complexity index is 420. The molecule has 1 aliphatic heterocycles. The van der Waals surface area contributed by atoms with Crippen molar-refractivity contribution < 1.29 is 14.3 Å². The average Bonchev–Trinajstić information content (AvgIpc) is 2.94. The lowest BCUT2D eigenvalue weighted by atomic mass is 9.85. The van der Waals surface area contributed by atoms with Gasteiger partial charge in [-0.1, -0.05) is 32.1 Å². The van der Waals surface area contributed by atoms with Gasteiger partial charge in [0.25, 0.3) is 0 Å². The normalized spacial score (nSPS) is 32.4. The lowest BCUT2D eigenvalue weighted by Crippen LogP contribution is -2.53. The van der Waals surface area contributed by atoms with E-state index >= 15 is 0 Å². The molecule has 2 saturated carbocycles. The Morgan fingerprint density at radius 3 is 2.41 bits per heavy atom. The maximum atomic E-state index is 12.8. The number of carbonyl (C=O) groups is 2. The van der Waals surface area contributed by atoms with E-state index in [1.807, 2.05) is 4.90 Å². The third-order valence-corrected chi connectivity index (χ3v) is 5.73. The highest BCUT2D eigenvalue weighted by atomic mass is 16.5. The lowest BCUT2D eigenvalue weighted by Gasteiger charge is -2.35.